The van der Waals surface area contributed by atoms with Crippen molar-refractivity contribution in [3.8, 4) is 0 Å². The molecule has 1 aliphatic rings. The molecule has 3 nitrogen and oxygen atoms in total. The van der Waals surface area contributed by atoms with Crippen molar-refractivity contribution in [2.24, 2.45) is 0 Å². The van der Waals surface area contributed by atoms with Crippen LogP contribution in [0.5, 0.6) is 0 Å². The quantitative estimate of drug-likeness (QED) is 0.618. The number of piperazine rings is 1. The minimum absolute atomic E-state index is 0.557. The summed E-state index contributed by atoms with van der Waals surface area (Å²) in [6.07, 6.45) is 0. The van der Waals surface area contributed by atoms with Crippen molar-refractivity contribution in [3.05, 3.63) is 0 Å². The minimum Gasteiger partial charge on any atom is -0.389 e. The van der Waals surface area contributed by atoms with Crippen molar-refractivity contribution in [2.45, 2.75) is 32.4 Å². The maximum atomic E-state index is 9.59. The Hall–Kier alpha value is -0.120. The van der Waals surface area contributed by atoms with E-state index >= 15 is 0 Å². The van der Waals surface area contributed by atoms with Gasteiger partial charge in [-0.1, -0.05) is 0 Å². The van der Waals surface area contributed by atoms with E-state index in [0.717, 1.165) is 26.2 Å². The Balaban J connectivity index is 2.32. The first kappa shape index (κ1) is 9.96. The highest BCUT2D eigenvalue weighted by Crippen LogP contribution is 2.07. The lowest BCUT2D eigenvalue weighted by Crippen LogP contribution is -2.52. The van der Waals surface area contributed by atoms with Crippen LogP contribution in [-0.4, -0.2) is 47.8 Å². The minimum atomic E-state index is -0.558. The van der Waals surface area contributed by atoms with E-state index in [1.54, 1.807) is 0 Å². The van der Waals surface area contributed by atoms with E-state index in [9.17, 15) is 5.11 Å². The van der Waals surface area contributed by atoms with E-state index in [-0.39, 0.29) is 0 Å². The van der Waals surface area contributed by atoms with Gasteiger partial charge in [0.2, 0.25) is 0 Å². The summed E-state index contributed by atoms with van der Waals surface area (Å²) in [5.41, 5.74) is -0.558. The summed E-state index contributed by atoms with van der Waals surface area (Å²) in [6, 6.07) is 0.557. The molecule has 72 valence electrons. The van der Waals surface area contributed by atoms with Crippen LogP contribution >= 0.6 is 0 Å². The molecule has 0 amide bonds. The van der Waals surface area contributed by atoms with Gasteiger partial charge in [0.05, 0.1) is 5.60 Å². The standard InChI is InChI=1S/C9H20N2O/c1-8-6-11(5-4-10-8)7-9(2,3)12/h8,10,12H,4-7H2,1-3H3/t8-/m1/s1. The lowest BCUT2D eigenvalue weighted by Gasteiger charge is -2.35. The molecule has 1 atom stereocenters. The fourth-order valence-electron chi connectivity index (χ4n) is 1.70. The van der Waals surface area contributed by atoms with Gasteiger partial charge in [0.1, 0.15) is 0 Å². The average molecular weight is 172 g/mol. The Kier molecular flexibility index (Phi) is 3.09. The molecule has 1 rings (SSSR count). The normalized spacial score (nSPS) is 27.5. The number of nitrogens with one attached hydrogen (secondary N) is 1. The zero-order chi connectivity index (χ0) is 9.19. The largest absolute Gasteiger partial charge is 0.389 e. The molecule has 0 spiro atoms. The molecule has 0 aromatic carbocycles. The van der Waals surface area contributed by atoms with Crippen molar-refractivity contribution in [3.63, 3.8) is 0 Å². The molecule has 12 heavy (non-hydrogen) atoms. The first-order chi connectivity index (χ1) is 5.47. The lowest BCUT2D eigenvalue weighted by molar-refractivity contribution is 0.0278. The number of hydrogen-bond donors (Lipinski definition) is 2. The molecule has 1 aliphatic heterocycles. The number of rotatable bonds is 2. The summed E-state index contributed by atoms with van der Waals surface area (Å²) in [5, 5.41) is 13.0. The number of nitrogens with zero attached hydrogens (tertiary/aromatic N) is 1. The third kappa shape index (κ3) is 3.52. The summed E-state index contributed by atoms with van der Waals surface area (Å²) >= 11 is 0. The van der Waals surface area contributed by atoms with Gasteiger partial charge < -0.3 is 10.4 Å². The Morgan fingerprint density at radius 3 is 2.75 bits per heavy atom. The Morgan fingerprint density at radius 2 is 2.25 bits per heavy atom. The molecule has 0 aliphatic carbocycles. The first-order valence-corrected chi connectivity index (χ1v) is 4.65. The fraction of sp³-hybridized carbons (Fsp3) is 1.00. The van der Waals surface area contributed by atoms with Crippen LogP contribution in [0.2, 0.25) is 0 Å². The summed E-state index contributed by atoms with van der Waals surface area (Å²) in [6.45, 7) is 9.81. The molecule has 1 fully saturated rings. The molecule has 0 aromatic rings. The molecule has 0 aromatic heterocycles. The monoisotopic (exact) mass is 172 g/mol. The molecule has 1 saturated heterocycles. The predicted molar refractivity (Wildman–Crippen MR) is 50.2 cm³/mol. The fourth-order valence-corrected chi connectivity index (χ4v) is 1.70. The highest BCUT2D eigenvalue weighted by atomic mass is 16.3. The van der Waals surface area contributed by atoms with Gasteiger partial charge in [-0.15, -0.1) is 0 Å². The summed E-state index contributed by atoms with van der Waals surface area (Å²) in [7, 11) is 0. The van der Waals surface area contributed by atoms with Crippen molar-refractivity contribution >= 4 is 0 Å². The van der Waals surface area contributed by atoms with Crippen molar-refractivity contribution < 1.29 is 5.11 Å². The van der Waals surface area contributed by atoms with Crippen LogP contribution in [0.15, 0.2) is 0 Å². The molecule has 2 N–H and O–H groups in total. The van der Waals surface area contributed by atoms with E-state index < -0.39 is 5.60 Å². The van der Waals surface area contributed by atoms with Crippen LogP contribution in [0.1, 0.15) is 20.8 Å². The Bertz CT molecular complexity index is 142. The molecular weight excluding hydrogens is 152 g/mol. The van der Waals surface area contributed by atoms with Gasteiger partial charge in [0.25, 0.3) is 0 Å². The topological polar surface area (TPSA) is 35.5 Å². The number of hydrogen-bond acceptors (Lipinski definition) is 3. The third-order valence-electron chi connectivity index (χ3n) is 2.06. The Morgan fingerprint density at radius 1 is 1.58 bits per heavy atom. The average Bonchev–Trinajstić information content (AvgIpc) is 1.82. The number of β-amino-alcohol motifs (C(OH)–C–C–N with tert-alkyl or cyclic N) is 1. The highest BCUT2D eigenvalue weighted by molar-refractivity contribution is 4.79. The van der Waals surface area contributed by atoms with Gasteiger partial charge in [0.15, 0.2) is 0 Å². The molecule has 0 saturated carbocycles. The third-order valence-corrected chi connectivity index (χ3v) is 2.06. The van der Waals surface area contributed by atoms with Crippen molar-refractivity contribution in [1.29, 1.82) is 0 Å². The van der Waals surface area contributed by atoms with Crippen molar-refractivity contribution in [1.82, 2.24) is 10.2 Å². The van der Waals surface area contributed by atoms with Crippen LogP contribution in [0, 0.1) is 0 Å². The van der Waals surface area contributed by atoms with E-state index in [2.05, 4.69) is 17.1 Å². The van der Waals surface area contributed by atoms with Crippen LogP contribution in [0.4, 0.5) is 0 Å². The smallest absolute Gasteiger partial charge is 0.0718 e. The lowest BCUT2D eigenvalue weighted by atomic mass is 10.1. The molecule has 0 bridgehead atoms. The van der Waals surface area contributed by atoms with Gasteiger partial charge in [0, 0.05) is 32.2 Å². The van der Waals surface area contributed by atoms with Crippen LogP contribution < -0.4 is 5.32 Å². The second-order valence-electron chi connectivity index (χ2n) is 4.40. The van der Waals surface area contributed by atoms with E-state index in [0.29, 0.717) is 6.04 Å². The van der Waals surface area contributed by atoms with Gasteiger partial charge in [-0.25, -0.2) is 0 Å². The molecule has 0 unspecified atom stereocenters. The zero-order valence-electron chi connectivity index (χ0n) is 8.30. The van der Waals surface area contributed by atoms with Gasteiger partial charge in [-0.2, -0.15) is 0 Å². The van der Waals surface area contributed by atoms with Gasteiger partial charge in [-0.05, 0) is 20.8 Å². The van der Waals surface area contributed by atoms with E-state index in [4.69, 9.17) is 0 Å². The highest BCUT2D eigenvalue weighted by Gasteiger charge is 2.21. The summed E-state index contributed by atoms with van der Waals surface area (Å²) < 4.78 is 0. The molecule has 0 radical (unpaired) electrons. The zero-order valence-corrected chi connectivity index (χ0v) is 8.30. The van der Waals surface area contributed by atoms with Gasteiger partial charge in [-0.3, -0.25) is 4.90 Å². The van der Waals surface area contributed by atoms with Crippen molar-refractivity contribution in [2.75, 3.05) is 26.2 Å². The van der Waals surface area contributed by atoms with Gasteiger partial charge >= 0.3 is 0 Å². The maximum absolute atomic E-state index is 9.59. The van der Waals surface area contributed by atoms with Crippen LogP contribution in [0.3, 0.4) is 0 Å². The molecular formula is C9H20N2O. The molecule has 1 heterocycles. The second-order valence-corrected chi connectivity index (χ2v) is 4.40. The maximum Gasteiger partial charge on any atom is 0.0718 e. The first-order valence-electron chi connectivity index (χ1n) is 4.65. The second kappa shape index (κ2) is 3.73. The van der Waals surface area contributed by atoms with E-state index in [1.807, 2.05) is 13.8 Å². The van der Waals surface area contributed by atoms with Crippen LogP contribution in [-0.2, 0) is 0 Å². The number of aliphatic hydroxyl groups is 1. The van der Waals surface area contributed by atoms with Crippen LogP contribution in [0.25, 0.3) is 0 Å². The summed E-state index contributed by atoms with van der Waals surface area (Å²) in [5.74, 6) is 0. The Labute approximate surface area is 74.8 Å². The SMILES string of the molecule is C[C@@H]1CN(CC(C)(C)O)CCN1. The molecule has 3 heteroatoms. The van der Waals surface area contributed by atoms with E-state index in [1.165, 1.54) is 0 Å². The predicted octanol–water partition coefficient (Wildman–Crippen LogP) is 0.0510. The summed E-state index contributed by atoms with van der Waals surface area (Å²) in [4.78, 5) is 2.31.